The fraction of sp³-hybridized carbons (Fsp3) is 0.643. The third-order valence-electron chi connectivity index (χ3n) is 3.70. The Morgan fingerprint density at radius 2 is 2.19 bits per heavy atom. The monoisotopic (exact) mass is 293 g/mol. The van der Waals surface area contributed by atoms with Crippen LogP contribution in [0.1, 0.15) is 23.0 Å². The van der Waals surface area contributed by atoms with Crippen molar-refractivity contribution in [2.45, 2.75) is 19.4 Å². The standard InChI is InChI=1S/C14H23N5O2/c1-5-11-10(9-18(4)16-11)13(20)19-7-6-15-8-12(19)14(21)17(2)3/h9,12,15H,5-8H2,1-4H3. The van der Waals surface area contributed by atoms with Crippen molar-refractivity contribution in [3.63, 3.8) is 0 Å². The highest BCUT2D eigenvalue weighted by molar-refractivity contribution is 5.98. The van der Waals surface area contributed by atoms with Crippen LogP contribution in [-0.2, 0) is 18.3 Å². The van der Waals surface area contributed by atoms with Crippen LogP contribution < -0.4 is 5.32 Å². The zero-order valence-corrected chi connectivity index (χ0v) is 13.1. The number of hydrogen-bond acceptors (Lipinski definition) is 4. The zero-order valence-electron chi connectivity index (χ0n) is 13.1. The van der Waals surface area contributed by atoms with Crippen LogP contribution >= 0.6 is 0 Å². The summed E-state index contributed by atoms with van der Waals surface area (Å²) in [6.07, 6.45) is 2.43. The number of hydrogen-bond donors (Lipinski definition) is 1. The number of nitrogens with one attached hydrogen (secondary N) is 1. The van der Waals surface area contributed by atoms with Crippen LogP contribution in [0.15, 0.2) is 6.20 Å². The summed E-state index contributed by atoms with van der Waals surface area (Å²) in [5.74, 6) is -0.167. The molecule has 21 heavy (non-hydrogen) atoms. The minimum atomic E-state index is -0.453. The molecule has 116 valence electrons. The second-order valence-electron chi connectivity index (χ2n) is 5.47. The number of aromatic nitrogens is 2. The van der Waals surface area contributed by atoms with Gasteiger partial charge in [0.15, 0.2) is 0 Å². The molecule has 1 atom stereocenters. The summed E-state index contributed by atoms with van der Waals surface area (Å²) in [6.45, 7) is 3.69. The van der Waals surface area contributed by atoms with Crippen molar-refractivity contribution in [3.8, 4) is 0 Å². The van der Waals surface area contributed by atoms with Gasteiger partial charge in [0.05, 0.1) is 11.3 Å². The molecule has 2 rings (SSSR count). The van der Waals surface area contributed by atoms with Gasteiger partial charge < -0.3 is 15.1 Å². The predicted molar refractivity (Wildman–Crippen MR) is 79.0 cm³/mol. The summed E-state index contributed by atoms with van der Waals surface area (Å²) < 4.78 is 1.65. The van der Waals surface area contributed by atoms with Crippen molar-refractivity contribution in [1.29, 1.82) is 0 Å². The second kappa shape index (κ2) is 6.26. The molecule has 0 aliphatic carbocycles. The molecule has 1 aliphatic heterocycles. The number of aryl methyl sites for hydroxylation is 2. The molecule has 1 N–H and O–H groups in total. The van der Waals surface area contributed by atoms with Crippen LogP contribution in [0.25, 0.3) is 0 Å². The molecule has 1 fully saturated rings. The zero-order chi connectivity index (χ0) is 15.6. The first-order valence-electron chi connectivity index (χ1n) is 7.21. The molecule has 0 radical (unpaired) electrons. The lowest BCUT2D eigenvalue weighted by molar-refractivity contribution is -0.134. The summed E-state index contributed by atoms with van der Waals surface area (Å²) in [4.78, 5) is 28.3. The maximum atomic E-state index is 12.8. The number of rotatable bonds is 3. The number of amides is 2. The summed E-state index contributed by atoms with van der Waals surface area (Å²) in [5, 5.41) is 7.49. The SMILES string of the molecule is CCc1nn(C)cc1C(=O)N1CCNCC1C(=O)N(C)C. The van der Waals surface area contributed by atoms with Crippen molar-refractivity contribution in [2.24, 2.45) is 7.05 Å². The number of piperazine rings is 1. The van der Waals surface area contributed by atoms with Crippen molar-refractivity contribution >= 4 is 11.8 Å². The van der Waals surface area contributed by atoms with Crippen molar-refractivity contribution in [3.05, 3.63) is 17.5 Å². The van der Waals surface area contributed by atoms with Crippen LogP contribution in [0.2, 0.25) is 0 Å². The minimum absolute atomic E-state index is 0.0579. The second-order valence-corrected chi connectivity index (χ2v) is 5.47. The molecule has 0 saturated carbocycles. The maximum Gasteiger partial charge on any atom is 0.258 e. The van der Waals surface area contributed by atoms with E-state index in [0.29, 0.717) is 31.6 Å². The van der Waals surface area contributed by atoms with Gasteiger partial charge in [0.1, 0.15) is 6.04 Å². The summed E-state index contributed by atoms with van der Waals surface area (Å²) in [5.41, 5.74) is 1.37. The molecule has 0 bridgehead atoms. The lowest BCUT2D eigenvalue weighted by Gasteiger charge is -2.36. The van der Waals surface area contributed by atoms with E-state index in [9.17, 15) is 9.59 Å². The fourth-order valence-corrected chi connectivity index (χ4v) is 2.60. The maximum absolute atomic E-state index is 12.8. The van der Waals surface area contributed by atoms with Gasteiger partial charge in [-0.15, -0.1) is 0 Å². The van der Waals surface area contributed by atoms with E-state index in [4.69, 9.17) is 0 Å². The lowest BCUT2D eigenvalue weighted by atomic mass is 10.1. The molecule has 7 nitrogen and oxygen atoms in total. The molecule has 2 amide bonds. The summed E-state index contributed by atoms with van der Waals surface area (Å²) in [7, 11) is 5.22. The average Bonchev–Trinajstić information content (AvgIpc) is 2.86. The molecule has 1 unspecified atom stereocenters. The smallest absolute Gasteiger partial charge is 0.258 e. The lowest BCUT2D eigenvalue weighted by Crippen LogP contribution is -2.59. The van der Waals surface area contributed by atoms with Crippen molar-refractivity contribution < 1.29 is 9.59 Å². The van der Waals surface area contributed by atoms with E-state index in [1.165, 1.54) is 4.90 Å². The third-order valence-corrected chi connectivity index (χ3v) is 3.70. The molecular formula is C14H23N5O2. The van der Waals surface area contributed by atoms with Gasteiger partial charge in [-0.05, 0) is 6.42 Å². The largest absolute Gasteiger partial charge is 0.347 e. The highest BCUT2D eigenvalue weighted by Crippen LogP contribution is 2.15. The average molecular weight is 293 g/mol. The van der Waals surface area contributed by atoms with Gasteiger partial charge >= 0.3 is 0 Å². The Labute approximate surface area is 124 Å². The van der Waals surface area contributed by atoms with Gasteiger partial charge in [-0.3, -0.25) is 14.3 Å². The van der Waals surface area contributed by atoms with Gasteiger partial charge in [0, 0.05) is 47.0 Å². The number of carbonyl (C=O) groups excluding carboxylic acids is 2. The Kier molecular flexibility index (Phi) is 4.62. The molecular weight excluding hydrogens is 270 g/mol. The topological polar surface area (TPSA) is 70.5 Å². The minimum Gasteiger partial charge on any atom is -0.347 e. The van der Waals surface area contributed by atoms with Gasteiger partial charge in [0.25, 0.3) is 5.91 Å². The van der Waals surface area contributed by atoms with Gasteiger partial charge in [-0.25, -0.2) is 0 Å². The van der Waals surface area contributed by atoms with Crippen molar-refractivity contribution in [1.82, 2.24) is 24.9 Å². The summed E-state index contributed by atoms with van der Waals surface area (Å²) in [6, 6.07) is -0.453. The molecule has 2 heterocycles. The van der Waals surface area contributed by atoms with E-state index < -0.39 is 6.04 Å². The Bertz CT molecular complexity index is 537. The van der Waals surface area contributed by atoms with E-state index >= 15 is 0 Å². The van der Waals surface area contributed by atoms with Gasteiger partial charge in [-0.1, -0.05) is 6.92 Å². The molecule has 0 spiro atoms. The predicted octanol–water partition coefficient (Wildman–Crippen LogP) is -0.515. The Balaban J connectivity index is 2.28. The first kappa shape index (κ1) is 15.5. The van der Waals surface area contributed by atoms with E-state index in [2.05, 4.69) is 10.4 Å². The number of carbonyl (C=O) groups is 2. The molecule has 7 heteroatoms. The van der Waals surface area contributed by atoms with E-state index in [1.54, 1.807) is 36.9 Å². The van der Waals surface area contributed by atoms with E-state index in [1.807, 2.05) is 6.92 Å². The quantitative estimate of drug-likeness (QED) is 0.814. The van der Waals surface area contributed by atoms with Crippen molar-refractivity contribution in [2.75, 3.05) is 33.7 Å². The Morgan fingerprint density at radius 3 is 2.81 bits per heavy atom. The van der Waals surface area contributed by atoms with Gasteiger partial charge in [-0.2, -0.15) is 5.10 Å². The fourth-order valence-electron chi connectivity index (χ4n) is 2.60. The van der Waals surface area contributed by atoms with Gasteiger partial charge in [0.2, 0.25) is 5.91 Å². The van der Waals surface area contributed by atoms with Crippen LogP contribution in [0.5, 0.6) is 0 Å². The number of likely N-dealkylation sites (N-methyl/N-ethyl adjacent to an activating group) is 1. The molecule has 1 aliphatic rings. The molecule has 1 aromatic rings. The molecule has 0 aromatic carbocycles. The third kappa shape index (κ3) is 3.07. The molecule has 1 aromatic heterocycles. The Hall–Kier alpha value is -1.89. The Morgan fingerprint density at radius 1 is 1.48 bits per heavy atom. The van der Waals surface area contributed by atoms with Crippen LogP contribution in [0.3, 0.4) is 0 Å². The van der Waals surface area contributed by atoms with Crippen LogP contribution in [-0.4, -0.2) is 71.2 Å². The highest BCUT2D eigenvalue weighted by Gasteiger charge is 2.34. The summed E-state index contributed by atoms with van der Waals surface area (Å²) >= 11 is 0. The van der Waals surface area contributed by atoms with Crippen LogP contribution in [0.4, 0.5) is 0 Å². The van der Waals surface area contributed by atoms with Crippen LogP contribution in [0, 0.1) is 0 Å². The first-order valence-corrected chi connectivity index (χ1v) is 7.21. The van der Waals surface area contributed by atoms with E-state index in [0.717, 1.165) is 5.69 Å². The normalized spacial score (nSPS) is 18.7. The highest BCUT2D eigenvalue weighted by atomic mass is 16.2. The molecule has 1 saturated heterocycles. The first-order chi connectivity index (χ1) is 9.95. The van der Waals surface area contributed by atoms with E-state index in [-0.39, 0.29) is 11.8 Å². The number of nitrogens with zero attached hydrogens (tertiary/aromatic N) is 4.